The van der Waals surface area contributed by atoms with Crippen molar-refractivity contribution in [2.24, 2.45) is 11.7 Å². The van der Waals surface area contributed by atoms with E-state index < -0.39 is 6.04 Å². The lowest BCUT2D eigenvalue weighted by Crippen LogP contribution is -2.49. The third-order valence-corrected chi connectivity index (χ3v) is 5.01. The highest BCUT2D eigenvalue weighted by Gasteiger charge is 2.25. The third-order valence-electron chi connectivity index (χ3n) is 5.01. The van der Waals surface area contributed by atoms with E-state index in [1.165, 1.54) is 11.1 Å². The molecule has 1 saturated heterocycles. The Morgan fingerprint density at radius 3 is 2.41 bits per heavy atom. The first-order valence-electron chi connectivity index (χ1n) is 9.33. The molecule has 3 N–H and O–H groups in total. The van der Waals surface area contributed by atoms with Gasteiger partial charge < -0.3 is 20.7 Å². The van der Waals surface area contributed by atoms with Crippen molar-refractivity contribution >= 4 is 24.2 Å². The largest absolute Gasteiger partial charge is 0.490 e. The number of nitrogens with zero attached hydrogens (tertiary/aromatic N) is 1. The molecule has 2 amide bonds. The van der Waals surface area contributed by atoms with Crippen molar-refractivity contribution in [3.63, 3.8) is 0 Å². The highest BCUT2D eigenvalue weighted by molar-refractivity contribution is 5.87. The van der Waals surface area contributed by atoms with Gasteiger partial charge in [0.05, 0.1) is 12.6 Å². The Morgan fingerprint density at radius 1 is 1.22 bits per heavy atom. The molecule has 0 unspecified atom stereocenters. The van der Waals surface area contributed by atoms with Crippen LogP contribution in [0.15, 0.2) is 18.2 Å². The number of amides is 2. The molecular weight excluding hydrogens is 366 g/mol. The number of carbonyl (C=O) groups excluding carboxylic acids is 2. The van der Waals surface area contributed by atoms with Gasteiger partial charge in [0.15, 0.2) is 0 Å². The summed E-state index contributed by atoms with van der Waals surface area (Å²) in [6, 6.07) is 5.53. The van der Waals surface area contributed by atoms with Gasteiger partial charge in [-0.1, -0.05) is 19.9 Å². The number of carbonyl (C=O) groups is 2. The van der Waals surface area contributed by atoms with Crippen molar-refractivity contribution in [2.45, 2.75) is 52.7 Å². The molecule has 6 nitrogen and oxygen atoms in total. The molecule has 0 bridgehead atoms. The Hall–Kier alpha value is -1.79. The van der Waals surface area contributed by atoms with Crippen LogP contribution in [0.4, 0.5) is 0 Å². The fourth-order valence-electron chi connectivity index (χ4n) is 2.90. The van der Waals surface area contributed by atoms with Gasteiger partial charge in [-0.2, -0.15) is 0 Å². The topological polar surface area (TPSA) is 84.7 Å². The molecule has 152 valence electrons. The number of rotatable bonds is 6. The van der Waals surface area contributed by atoms with Gasteiger partial charge in [0.1, 0.15) is 11.9 Å². The SMILES string of the molecule is Cc1ccc(OC2CCN(C(=O)CNC(=O)[C@@H](N)C(C)C)CC2)cc1C.Cl. The van der Waals surface area contributed by atoms with Crippen molar-refractivity contribution in [3.05, 3.63) is 29.3 Å². The van der Waals surface area contributed by atoms with Crippen LogP contribution in [0.25, 0.3) is 0 Å². The van der Waals surface area contributed by atoms with E-state index in [0.29, 0.717) is 13.1 Å². The zero-order valence-corrected chi connectivity index (χ0v) is 17.5. The van der Waals surface area contributed by atoms with Crippen LogP contribution >= 0.6 is 12.4 Å². The zero-order chi connectivity index (χ0) is 19.3. The third kappa shape index (κ3) is 6.70. The number of aryl methyl sites for hydroxylation is 2. The van der Waals surface area contributed by atoms with Crippen LogP contribution in [0.3, 0.4) is 0 Å². The first-order chi connectivity index (χ1) is 12.3. The monoisotopic (exact) mass is 397 g/mol. The van der Waals surface area contributed by atoms with E-state index in [-0.39, 0.29) is 42.8 Å². The van der Waals surface area contributed by atoms with Gasteiger partial charge in [0, 0.05) is 25.9 Å². The molecule has 1 aliphatic rings. The van der Waals surface area contributed by atoms with E-state index in [1.54, 1.807) is 4.90 Å². The van der Waals surface area contributed by atoms with Crippen LogP contribution in [0.2, 0.25) is 0 Å². The highest BCUT2D eigenvalue weighted by atomic mass is 35.5. The number of hydrogen-bond acceptors (Lipinski definition) is 4. The lowest BCUT2D eigenvalue weighted by Gasteiger charge is -2.32. The Morgan fingerprint density at radius 2 is 1.85 bits per heavy atom. The molecule has 1 heterocycles. The van der Waals surface area contributed by atoms with Gasteiger partial charge >= 0.3 is 0 Å². The van der Waals surface area contributed by atoms with Crippen molar-refractivity contribution < 1.29 is 14.3 Å². The summed E-state index contributed by atoms with van der Waals surface area (Å²) >= 11 is 0. The maximum Gasteiger partial charge on any atom is 0.241 e. The van der Waals surface area contributed by atoms with Crippen molar-refractivity contribution in [3.8, 4) is 5.75 Å². The fourth-order valence-corrected chi connectivity index (χ4v) is 2.90. The number of likely N-dealkylation sites (tertiary alicyclic amines) is 1. The lowest BCUT2D eigenvalue weighted by atomic mass is 10.1. The minimum absolute atomic E-state index is 0. The summed E-state index contributed by atoms with van der Waals surface area (Å²) in [7, 11) is 0. The van der Waals surface area contributed by atoms with Gasteiger partial charge in [-0.25, -0.2) is 0 Å². The van der Waals surface area contributed by atoms with Gasteiger partial charge in [-0.3, -0.25) is 9.59 Å². The van der Waals surface area contributed by atoms with Gasteiger partial charge in [-0.05, 0) is 43.0 Å². The Labute approximate surface area is 168 Å². The molecule has 1 atom stereocenters. The maximum absolute atomic E-state index is 12.3. The molecule has 7 heteroatoms. The molecule has 1 aliphatic heterocycles. The van der Waals surface area contributed by atoms with E-state index in [1.807, 2.05) is 19.9 Å². The number of nitrogens with one attached hydrogen (secondary N) is 1. The Kier molecular flexibility index (Phi) is 9.06. The second-order valence-corrected chi connectivity index (χ2v) is 7.43. The molecular formula is C20H32ClN3O3. The maximum atomic E-state index is 12.3. The first-order valence-corrected chi connectivity index (χ1v) is 9.33. The average Bonchev–Trinajstić information content (AvgIpc) is 2.62. The summed E-state index contributed by atoms with van der Waals surface area (Å²) < 4.78 is 6.05. The lowest BCUT2D eigenvalue weighted by molar-refractivity contribution is -0.134. The van der Waals surface area contributed by atoms with E-state index in [2.05, 4.69) is 31.3 Å². The molecule has 1 fully saturated rings. The predicted molar refractivity (Wildman–Crippen MR) is 109 cm³/mol. The Bertz CT molecular complexity index is 643. The molecule has 2 rings (SSSR count). The van der Waals surface area contributed by atoms with Crippen LogP contribution in [0.1, 0.15) is 37.8 Å². The van der Waals surface area contributed by atoms with Crippen molar-refractivity contribution in [1.29, 1.82) is 0 Å². The van der Waals surface area contributed by atoms with E-state index >= 15 is 0 Å². The van der Waals surface area contributed by atoms with Crippen molar-refractivity contribution in [1.82, 2.24) is 10.2 Å². The molecule has 0 aliphatic carbocycles. The number of hydrogen-bond donors (Lipinski definition) is 2. The van der Waals surface area contributed by atoms with Gasteiger partial charge in [0.25, 0.3) is 0 Å². The number of halogens is 1. The molecule has 1 aromatic rings. The van der Waals surface area contributed by atoms with Crippen LogP contribution < -0.4 is 15.8 Å². The summed E-state index contributed by atoms with van der Waals surface area (Å²) in [5.41, 5.74) is 8.24. The smallest absolute Gasteiger partial charge is 0.241 e. The molecule has 27 heavy (non-hydrogen) atoms. The summed E-state index contributed by atoms with van der Waals surface area (Å²) in [6.45, 7) is 9.20. The number of ether oxygens (including phenoxy) is 1. The van der Waals surface area contributed by atoms with Gasteiger partial charge in [0.2, 0.25) is 11.8 Å². The highest BCUT2D eigenvalue weighted by Crippen LogP contribution is 2.21. The number of benzene rings is 1. The summed E-state index contributed by atoms with van der Waals surface area (Å²) in [5.74, 6) is 0.580. The fraction of sp³-hybridized carbons (Fsp3) is 0.600. The average molecular weight is 398 g/mol. The molecule has 1 aromatic carbocycles. The minimum atomic E-state index is -0.583. The molecule has 0 radical (unpaired) electrons. The number of nitrogens with two attached hydrogens (primary N) is 1. The second kappa shape index (κ2) is 10.5. The summed E-state index contributed by atoms with van der Waals surface area (Å²) in [5, 5.41) is 2.64. The van der Waals surface area contributed by atoms with E-state index in [0.717, 1.165) is 18.6 Å². The van der Waals surface area contributed by atoms with Crippen LogP contribution in [0, 0.1) is 19.8 Å². The standard InChI is InChI=1S/C20H31N3O3.ClH/c1-13(2)19(21)20(25)22-12-18(24)23-9-7-16(8-10-23)26-17-6-5-14(3)15(4)11-17;/h5-6,11,13,16,19H,7-10,12,21H2,1-4H3,(H,22,25);1H/t19-;/m0./s1. The van der Waals surface area contributed by atoms with E-state index in [4.69, 9.17) is 10.5 Å². The molecule has 0 saturated carbocycles. The predicted octanol–water partition coefficient (Wildman–Crippen LogP) is 2.19. The zero-order valence-electron chi connectivity index (χ0n) is 16.7. The molecule has 0 aromatic heterocycles. The quantitative estimate of drug-likeness (QED) is 0.770. The number of piperidine rings is 1. The molecule has 0 spiro atoms. The van der Waals surface area contributed by atoms with Crippen LogP contribution in [0.5, 0.6) is 5.75 Å². The van der Waals surface area contributed by atoms with E-state index in [9.17, 15) is 9.59 Å². The van der Waals surface area contributed by atoms with Crippen LogP contribution in [-0.2, 0) is 9.59 Å². The second-order valence-electron chi connectivity index (χ2n) is 7.43. The van der Waals surface area contributed by atoms with Crippen molar-refractivity contribution in [2.75, 3.05) is 19.6 Å². The Balaban J connectivity index is 0.00000364. The minimum Gasteiger partial charge on any atom is -0.490 e. The van der Waals surface area contributed by atoms with Crippen LogP contribution in [-0.4, -0.2) is 48.5 Å². The summed E-state index contributed by atoms with van der Waals surface area (Å²) in [4.78, 5) is 25.9. The van der Waals surface area contributed by atoms with Gasteiger partial charge in [-0.15, -0.1) is 12.4 Å². The first kappa shape index (κ1) is 23.2. The summed E-state index contributed by atoms with van der Waals surface area (Å²) in [6.07, 6.45) is 1.70. The normalized spacial score (nSPS) is 15.9.